The fraction of sp³-hybridized carbons (Fsp3) is 0.250. The summed E-state index contributed by atoms with van der Waals surface area (Å²) in [5, 5.41) is 0. The van der Waals surface area contributed by atoms with Crippen molar-refractivity contribution < 1.29 is 8.78 Å². The smallest absolute Gasteiger partial charge is 0.125 e. The van der Waals surface area contributed by atoms with Gasteiger partial charge in [0.15, 0.2) is 0 Å². The molecule has 0 bridgehead atoms. The lowest BCUT2D eigenvalue weighted by Gasteiger charge is -2.25. The van der Waals surface area contributed by atoms with E-state index in [0.717, 1.165) is 17.7 Å². The lowest BCUT2D eigenvalue weighted by molar-refractivity contribution is 0.621. The van der Waals surface area contributed by atoms with Crippen LogP contribution in [0.15, 0.2) is 48.5 Å². The number of benzene rings is 2. The first-order valence-electron chi connectivity index (χ1n) is 6.64. The van der Waals surface area contributed by atoms with E-state index in [1.807, 2.05) is 17.0 Å². The maximum Gasteiger partial charge on any atom is 0.125 e. The van der Waals surface area contributed by atoms with E-state index in [2.05, 4.69) is 0 Å². The van der Waals surface area contributed by atoms with Crippen LogP contribution in [0, 0.1) is 11.6 Å². The summed E-state index contributed by atoms with van der Waals surface area (Å²) in [6.07, 6.45) is 0.797. The van der Waals surface area contributed by atoms with E-state index < -0.39 is 0 Å². The molecule has 0 saturated carbocycles. The van der Waals surface area contributed by atoms with Crippen molar-refractivity contribution >= 4 is 5.69 Å². The fourth-order valence-corrected chi connectivity index (χ4v) is 2.11. The summed E-state index contributed by atoms with van der Waals surface area (Å²) in [7, 11) is 0. The summed E-state index contributed by atoms with van der Waals surface area (Å²) >= 11 is 0. The number of anilines is 1. The van der Waals surface area contributed by atoms with Gasteiger partial charge in [-0.2, -0.15) is 0 Å². The Labute approximate surface area is 117 Å². The predicted octanol–water partition coefficient (Wildman–Crippen LogP) is 3.32. The van der Waals surface area contributed by atoms with E-state index in [-0.39, 0.29) is 11.6 Å². The second-order valence-corrected chi connectivity index (χ2v) is 4.67. The third kappa shape index (κ3) is 4.03. The lowest BCUT2D eigenvalue weighted by atomic mass is 10.1. The molecule has 0 aliphatic heterocycles. The first kappa shape index (κ1) is 14.5. The first-order chi connectivity index (χ1) is 9.69. The molecular weight excluding hydrogens is 258 g/mol. The van der Waals surface area contributed by atoms with E-state index in [4.69, 9.17) is 5.73 Å². The minimum atomic E-state index is -0.278. The highest BCUT2D eigenvalue weighted by atomic mass is 19.1. The number of hydrogen-bond donors (Lipinski definition) is 1. The maximum absolute atomic E-state index is 13.3. The molecule has 0 atom stereocenters. The van der Waals surface area contributed by atoms with Gasteiger partial charge in [-0.05, 0) is 48.9 Å². The SMILES string of the molecule is NCCCN(Cc1cccc(F)c1)c1cccc(F)c1. The minimum absolute atomic E-state index is 0.263. The second-order valence-electron chi connectivity index (χ2n) is 4.67. The van der Waals surface area contributed by atoms with Gasteiger partial charge < -0.3 is 10.6 Å². The Kier molecular flexibility index (Phi) is 5.07. The Hall–Kier alpha value is -1.94. The zero-order valence-electron chi connectivity index (χ0n) is 11.2. The van der Waals surface area contributed by atoms with E-state index in [1.165, 1.54) is 24.3 Å². The highest BCUT2D eigenvalue weighted by molar-refractivity contribution is 5.47. The third-order valence-electron chi connectivity index (χ3n) is 3.07. The molecule has 0 amide bonds. The molecular formula is C16H18F2N2. The minimum Gasteiger partial charge on any atom is -0.367 e. The van der Waals surface area contributed by atoms with Gasteiger partial charge in [-0.3, -0.25) is 0 Å². The molecule has 0 heterocycles. The normalized spacial score (nSPS) is 10.6. The van der Waals surface area contributed by atoms with Crippen molar-refractivity contribution in [2.45, 2.75) is 13.0 Å². The average molecular weight is 276 g/mol. The summed E-state index contributed by atoms with van der Waals surface area (Å²) in [5.41, 5.74) is 7.17. The largest absolute Gasteiger partial charge is 0.367 e. The van der Waals surface area contributed by atoms with Gasteiger partial charge >= 0.3 is 0 Å². The first-order valence-corrected chi connectivity index (χ1v) is 6.64. The maximum atomic E-state index is 13.3. The number of halogens is 2. The molecule has 2 aromatic rings. The zero-order valence-corrected chi connectivity index (χ0v) is 11.2. The molecule has 2 nitrogen and oxygen atoms in total. The van der Waals surface area contributed by atoms with Crippen LogP contribution in [0.4, 0.5) is 14.5 Å². The van der Waals surface area contributed by atoms with Gasteiger partial charge in [0.2, 0.25) is 0 Å². The van der Waals surface area contributed by atoms with Crippen molar-refractivity contribution in [2.24, 2.45) is 5.73 Å². The van der Waals surface area contributed by atoms with Crippen LogP contribution in [0.1, 0.15) is 12.0 Å². The second kappa shape index (κ2) is 7.01. The van der Waals surface area contributed by atoms with Gasteiger partial charge in [-0.25, -0.2) is 8.78 Å². The quantitative estimate of drug-likeness (QED) is 0.877. The number of nitrogens with two attached hydrogens (primary N) is 1. The van der Waals surface area contributed by atoms with Gasteiger partial charge in [0.1, 0.15) is 11.6 Å². The highest BCUT2D eigenvalue weighted by Crippen LogP contribution is 2.19. The summed E-state index contributed by atoms with van der Waals surface area (Å²) < 4.78 is 26.6. The molecule has 2 N–H and O–H groups in total. The van der Waals surface area contributed by atoms with Crippen LogP contribution < -0.4 is 10.6 Å². The fourth-order valence-electron chi connectivity index (χ4n) is 2.11. The molecule has 0 aliphatic carbocycles. The van der Waals surface area contributed by atoms with Crippen LogP contribution in [-0.2, 0) is 6.54 Å². The van der Waals surface area contributed by atoms with Crippen molar-refractivity contribution in [3.05, 3.63) is 65.7 Å². The average Bonchev–Trinajstić information content (AvgIpc) is 2.43. The molecule has 0 aliphatic rings. The van der Waals surface area contributed by atoms with Crippen LogP contribution in [0.5, 0.6) is 0 Å². The topological polar surface area (TPSA) is 29.3 Å². The summed E-state index contributed by atoms with van der Waals surface area (Å²) in [6, 6.07) is 12.9. The summed E-state index contributed by atoms with van der Waals surface area (Å²) in [5.74, 6) is -0.542. The van der Waals surface area contributed by atoms with Crippen LogP contribution in [0.2, 0.25) is 0 Å². The highest BCUT2D eigenvalue weighted by Gasteiger charge is 2.08. The summed E-state index contributed by atoms with van der Waals surface area (Å²) in [6.45, 7) is 1.80. The third-order valence-corrected chi connectivity index (χ3v) is 3.07. The molecule has 0 aromatic heterocycles. The Morgan fingerprint density at radius 2 is 1.65 bits per heavy atom. The molecule has 0 spiro atoms. The van der Waals surface area contributed by atoms with Crippen LogP contribution in [0.25, 0.3) is 0 Å². The van der Waals surface area contributed by atoms with Crippen LogP contribution in [-0.4, -0.2) is 13.1 Å². The molecule has 20 heavy (non-hydrogen) atoms. The molecule has 2 rings (SSSR count). The molecule has 0 saturated heterocycles. The Bertz CT molecular complexity index is 558. The Morgan fingerprint density at radius 1 is 0.950 bits per heavy atom. The monoisotopic (exact) mass is 276 g/mol. The molecule has 4 heteroatoms. The van der Waals surface area contributed by atoms with Crippen molar-refractivity contribution in [2.75, 3.05) is 18.0 Å². The number of rotatable bonds is 6. The van der Waals surface area contributed by atoms with E-state index in [9.17, 15) is 8.78 Å². The lowest BCUT2D eigenvalue weighted by Crippen LogP contribution is -2.25. The van der Waals surface area contributed by atoms with Crippen molar-refractivity contribution in [3.63, 3.8) is 0 Å². The van der Waals surface area contributed by atoms with Gasteiger partial charge in [-0.1, -0.05) is 18.2 Å². The predicted molar refractivity (Wildman–Crippen MR) is 77.5 cm³/mol. The van der Waals surface area contributed by atoms with Crippen LogP contribution in [0.3, 0.4) is 0 Å². The number of nitrogens with zero attached hydrogens (tertiary/aromatic N) is 1. The Balaban J connectivity index is 2.19. The van der Waals surface area contributed by atoms with Crippen LogP contribution >= 0.6 is 0 Å². The van der Waals surface area contributed by atoms with E-state index >= 15 is 0 Å². The molecule has 106 valence electrons. The molecule has 2 aromatic carbocycles. The van der Waals surface area contributed by atoms with E-state index in [1.54, 1.807) is 12.1 Å². The van der Waals surface area contributed by atoms with Gasteiger partial charge in [0.05, 0.1) is 0 Å². The molecule has 0 fully saturated rings. The molecule has 0 radical (unpaired) electrons. The van der Waals surface area contributed by atoms with Gasteiger partial charge in [-0.15, -0.1) is 0 Å². The van der Waals surface area contributed by atoms with Gasteiger partial charge in [0, 0.05) is 18.8 Å². The van der Waals surface area contributed by atoms with Crippen molar-refractivity contribution in [1.82, 2.24) is 0 Å². The van der Waals surface area contributed by atoms with E-state index in [0.29, 0.717) is 19.6 Å². The van der Waals surface area contributed by atoms with Gasteiger partial charge in [0.25, 0.3) is 0 Å². The standard InChI is InChI=1S/C16H18F2N2/c17-14-5-1-4-13(10-14)12-20(9-3-8-19)16-7-2-6-15(18)11-16/h1-2,4-7,10-11H,3,8-9,12,19H2. The number of hydrogen-bond acceptors (Lipinski definition) is 2. The Morgan fingerprint density at radius 3 is 2.30 bits per heavy atom. The molecule has 0 unspecified atom stereocenters. The summed E-state index contributed by atoms with van der Waals surface area (Å²) in [4.78, 5) is 2.00. The zero-order chi connectivity index (χ0) is 14.4. The van der Waals surface area contributed by atoms with Crippen molar-refractivity contribution in [3.8, 4) is 0 Å². The van der Waals surface area contributed by atoms with Crippen molar-refractivity contribution in [1.29, 1.82) is 0 Å².